The molecule has 2 aliphatic heterocycles. The van der Waals surface area contributed by atoms with Crippen LogP contribution in [0.2, 0.25) is 0 Å². The average molecular weight is 304 g/mol. The zero-order chi connectivity index (χ0) is 15.7. The first-order valence-electron chi connectivity index (χ1n) is 6.96. The first-order valence-corrected chi connectivity index (χ1v) is 6.96. The minimum absolute atomic E-state index is 0.0326. The van der Waals surface area contributed by atoms with Gasteiger partial charge in [-0.25, -0.2) is 4.98 Å². The third-order valence-corrected chi connectivity index (χ3v) is 3.90. The van der Waals surface area contributed by atoms with Crippen molar-refractivity contribution in [2.75, 3.05) is 33.3 Å². The van der Waals surface area contributed by atoms with Crippen LogP contribution in [0.25, 0.3) is 0 Å². The largest absolute Gasteiger partial charge is 0.481 e. The number of nitrogens with one attached hydrogen (secondary N) is 1. The SMILES string of the molecule is COc1cc(C(=O)N2CCN3C(=O)CNC(=O)C3C2)ccn1. The Balaban J connectivity index is 1.77. The van der Waals surface area contributed by atoms with Crippen molar-refractivity contribution in [3.8, 4) is 5.88 Å². The smallest absolute Gasteiger partial charge is 0.254 e. The maximum Gasteiger partial charge on any atom is 0.254 e. The van der Waals surface area contributed by atoms with Gasteiger partial charge in [0.15, 0.2) is 0 Å². The first kappa shape index (κ1) is 14.3. The van der Waals surface area contributed by atoms with Crippen LogP contribution >= 0.6 is 0 Å². The van der Waals surface area contributed by atoms with Crippen molar-refractivity contribution in [2.24, 2.45) is 0 Å². The predicted molar refractivity (Wildman–Crippen MR) is 75.2 cm³/mol. The van der Waals surface area contributed by atoms with Crippen LogP contribution < -0.4 is 10.1 Å². The molecule has 2 fully saturated rings. The maximum absolute atomic E-state index is 12.5. The van der Waals surface area contributed by atoms with Crippen LogP contribution in [0.3, 0.4) is 0 Å². The zero-order valence-corrected chi connectivity index (χ0v) is 12.1. The molecule has 3 amide bonds. The lowest BCUT2D eigenvalue weighted by Gasteiger charge is -2.42. The fourth-order valence-corrected chi connectivity index (χ4v) is 2.71. The van der Waals surface area contributed by atoms with Crippen LogP contribution in [-0.2, 0) is 9.59 Å². The monoisotopic (exact) mass is 304 g/mol. The number of carbonyl (C=O) groups excluding carboxylic acids is 3. The Kier molecular flexibility index (Phi) is 3.66. The molecule has 2 saturated heterocycles. The minimum atomic E-state index is -0.609. The molecule has 0 spiro atoms. The topological polar surface area (TPSA) is 91.8 Å². The molecule has 3 heterocycles. The first-order chi connectivity index (χ1) is 10.6. The molecule has 0 saturated carbocycles. The van der Waals surface area contributed by atoms with Gasteiger partial charge in [0.2, 0.25) is 17.7 Å². The summed E-state index contributed by atoms with van der Waals surface area (Å²) in [5.74, 6) is -0.173. The van der Waals surface area contributed by atoms with Crippen LogP contribution in [0, 0.1) is 0 Å². The van der Waals surface area contributed by atoms with E-state index in [1.54, 1.807) is 17.0 Å². The lowest BCUT2D eigenvalue weighted by atomic mass is 10.1. The highest BCUT2D eigenvalue weighted by Gasteiger charge is 2.39. The second-order valence-corrected chi connectivity index (χ2v) is 5.16. The predicted octanol–water partition coefficient (Wildman–Crippen LogP) is -1.13. The summed E-state index contributed by atoms with van der Waals surface area (Å²) in [6, 6.07) is 2.55. The second kappa shape index (κ2) is 5.63. The lowest BCUT2D eigenvalue weighted by Crippen LogP contribution is -2.66. The molecule has 1 aromatic rings. The summed E-state index contributed by atoms with van der Waals surface area (Å²) in [6.45, 7) is 0.996. The van der Waals surface area contributed by atoms with Crippen molar-refractivity contribution in [3.05, 3.63) is 23.9 Å². The number of rotatable bonds is 2. The maximum atomic E-state index is 12.5. The normalized spacial score (nSPS) is 21.2. The van der Waals surface area contributed by atoms with E-state index in [0.717, 1.165) is 0 Å². The summed E-state index contributed by atoms with van der Waals surface area (Å²) in [7, 11) is 1.48. The fourth-order valence-electron chi connectivity index (χ4n) is 2.71. The van der Waals surface area contributed by atoms with Crippen molar-refractivity contribution in [2.45, 2.75) is 6.04 Å². The molecule has 0 aromatic carbocycles. The van der Waals surface area contributed by atoms with Crippen LogP contribution in [0.4, 0.5) is 0 Å². The number of ether oxygens (including phenoxy) is 1. The molecule has 0 bridgehead atoms. The van der Waals surface area contributed by atoms with E-state index in [2.05, 4.69) is 10.3 Å². The highest BCUT2D eigenvalue weighted by atomic mass is 16.5. The molecule has 0 aliphatic carbocycles. The van der Waals surface area contributed by atoms with Gasteiger partial charge in [-0.1, -0.05) is 0 Å². The number of pyridine rings is 1. The number of hydrogen-bond donors (Lipinski definition) is 1. The fraction of sp³-hybridized carbons (Fsp3) is 0.429. The minimum Gasteiger partial charge on any atom is -0.481 e. The molecule has 2 aliphatic rings. The molecule has 22 heavy (non-hydrogen) atoms. The van der Waals surface area contributed by atoms with Gasteiger partial charge in [0, 0.05) is 30.9 Å². The van der Waals surface area contributed by atoms with E-state index in [0.29, 0.717) is 24.5 Å². The number of nitrogens with zero attached hydrogens (tertiary/aromatic N) is 3. The number of methoxy groups -OCH3 is 1. The van der Waals surface area contributed by atoms with E-state index >= 15 is 0 Å². The molecule has 116 valence electrons. The number of amides is 3. The Hall–Kier alpha value is -2.64. The zero-order valence-electron chi connectivity index (χ0n) is 12.1. The van der Waals surface area contributed by atoms with E-state index in [1.807, 2.05) is 0 Å². The van der Waals surface area contributed by atoms with E-state index in [-0.39, 0.29) is 30.8 Å². The van der Waals surface area contributed by atoms with E-state index in [1.165, 1.54) is 18.2 Å². The van der Waals surface area contributed by atoms with Gasteiger partial charge in [-0.2, -0.15) is 0 Å². The number of fused-ring (bicyclic) bond motifs is 1. The van der Waals surface area contributed by atoms with Crippen LogP contribution in [-0.4, -0.2) is 71.8 Å². The summed E-state index contributed by atoms with van der Waals surface area (Å²) in [5, 5.41) is 2.55. The Morgan fingerprint density at radius 2 is 2.23 bits per heavy atom. The molecule has 0 radical (unpaired) electrons. The van der Waals surface area contributed by atoms with Crippen molar-refractivity contribution < 1.29 is 19.1 Å². The third-order valence-electron chi connectivity index (χ3n) is 3.90. The summed E-state index contributed by atoms with van der Waals surface area (Å²) < 4.78 is 5.01. The summed E-state index contributed by atoms with van der Waals surface area (Å²) in [4.78, 5) is 43.3. The van der Waals surface area contributed by atoms with Crippen LogP contribution in [0.1, 0.15) is 10.4 Å². The van der Waals surface area contributed by atoms with Crippen LogP contribution in [0.15, 0.2) is 18.3 Å². The third kappa shape index (κ3) is 2.47. The summed E-state index contributed by atoms with van der Waals surface area (Å²) >= 11 is 0. The van der Waals surface area contributed by atoms with Gasteiger partial charge in [0.25, 0.3) is 5.91 Å². The molecule has 8 heteroatoms. The second-order valence-electron chi connectivity index (χ2n) is 5.16. The van der Waals surface area contributed by atoms with Crippen molar-refractivity contribution in [1.82, 2.24) is 20.1 Å². The molecular formula is C14H16N4O4. The van der Waals surface area contributed by atoms with Gasteiger partial charge >= 0.3 is 0 Å². The number of hydrogen-bond acceptors (Lipinski definition) is 5. The van der Waals surface area contributed by atoms with Gasteiger partial charge in [-0.3, -0.25) is 14.4 Å². The number of aromatic nitrogens is 1. The van der Waals surface area contributed by atoms with Crippen molar-refractivity contribution in [3.63, 3.8) is 0 Å². The Labute approximate surface area is 127 Å². The van der Waals surface area contributed by atoms with Gasteiger partial charge in [0.1, 0.15) is 6.04 Å². The lowest BCUT2D eigenvalue weighted by molar-refractivity contribution is -0.148. The Bertz CT molecular complexity index is 633. The van der Waals surface area contributed by atoms with Gasteiger partial charge in [0.05, 0.1) is 20.2 Å². The number of piperazine rings is 2. The standard InChI is InChI=1S/C14H16N4O4/c1-22-11-6-9(2-3-15-11)14(21)17-4-5-18-10(8-17)13(20)16-7-12(18)19/h2-3,6,10H,4-5,7-8H2,1H3,(H,16,20). The van der Waals surface area contributed by atoms with Crippen molar-refractivity contribution in [1.29, 1.82) is 0 Å². The molecule has 1 aromatic heterocycles. The van der Waals surface area contributed by atoms with E-state index in [9.17, 15) is 14.4 Å². The Morgan fingerprint density at radius 3 is 3.00 bits per heavy atom. The molecule has 8 nitrogen and oxygen atoms in total. The van der Waals surface area contributed by atoms with E-state index < -0.39 is 6.04 Å². The molecule has 1 unspecified atom stereocenters. The summed E-state index contributed by atoms with van der Waals surface area (Å²) in [5.41, 5.74) is 0.447. The van der Waals surface area contributed by atoms with E-state index in [4.69, 9.17) is 4.74 Å². The van der Waals surface area contributed by atoms with Gasteiger partial charge in [-0.05, 0) is 6.07 Å². The highest BCUT2D eigenvalue weighted by molar-refractivity contribution is 5.98. The van der Waals surface area contributed by atoms with Crippen molar-refractivity contribution >= 4 is 17.7 Å². The molecular weight excluding hydrogens is 288 g/mol. The van der Waals surface area contributed by atoms with Gasteiger partial charge in [-0.15, -0.1) is 0 Å². The highest BCUT2D eigenvalue weighted by Crippen LogP contribution is 2.17. The molecule has 1 N–H and O–H groups in total. The van der Waals surface area contributed by atoms with Gasteiger partial charge < -0.3 is 19.9 Å². The van der Waals surface area contributed by atoms with Crippen LogP contribution in [0.5, 0.6) is 5.88 Å². The number of carbonyl (C=O) groups is 3. The molecule has 1 atom stereocenters. The molecule has 3 rings (SSSR count). The Morgan fingerprint density at radius 1 is 1.41 bits per heavy atom. The summed E-state index contributed by atoms with van der Waals surface area (Å²) in [6.07, 6.45) is 1.50. The average Bonchev–Trinajstić information content (AvgIpc) is 2.57. The quantitative estimate of drug-likeness (QED) is 0.747.